The van der Waals surface area contributed by atoms with Crippen molar-refractivity contribution < 1.29 is 0 Å². The molecule has 9 aromatic rings. The standard InChI is InChI=1S/C52H39NSi/c1-2-16-36(17-3-1)45-34-38-18-4-5-19-39(38)35-46(45)52-43-22-8-6-20-41(43)51(42-21-7-9-23-44(42)52)37-28-30-40(31-29-37)53-47-24-10-12-26-49(47)54(32-14-15-33-54)50-27-13-11-25-48(50)53/h1-13,16-31,34-35H,14-15,32-33H2. The molecule has 0 atom stereocenters. The molecule has 2 aliphatic rings. The molecule has 54 heavy (non-hydrogen) atoms. The third kappa shape index (κ3) is 4.70. The second-order valence-electron chi connectivity index (χ2n) is 15.2. The number of para-hydroxylation sites is 2. The SMILES string of the molecule is c1ccc(-c2cc3ccccc3cc2-c2c3ccccc3c(-c3ccc(N4c5ccccc5[Si]5(CCCC5)c5ccccc54)cc3)c3ccccc23)cc1. The maximum Gasteiger partial charge on any atom is 0.123 e. The molecule has 2 heteroatoms. The lowest BCUT2D eigenvalue weighted by Gasteiger charge is -2.42. The molecule has 0 radical (unpaired) electrons. The van der Waals surface area contributed by atoms with Gasteiger partial charge in [0, 0.05) is 17.1 Å². The molecule has 0 aromatic heterocycles. The highest BCUT2D eigenvalue weighted by Crippen LogP contribution is 2.48. The summed E-state index contributed by atoms with van der Waals surface area (Å²) in [5.74, 6) is 0. The van der Waals surface area contributed by atoms with Crippen LogP contribution in [0.25, 0.3) is 65.7 Å². The molecule has 256 valence electrons. The van der Waals surface area contributed by atoms with E-state index in [1.807, 2.05) is 0 Å². The van der Waals surface area contributed by atoms with E-state index in [1.165, 1.54) is 108 Å². The molecule has 1 spiro atoms. The predicted molar refractivity (Wildman–Crippen MR) is 234 cm³/mol. The number of benzene rings is 9. The normalized spacial score (nSPS) is 14.5. The molecule has 0 aliphatic carbocycles. The Labute approximate surface area is 317 Å². The van der Waals surface area contributed by atoms with E-state index in [4.69, 9.17) is 0 Å². The van der Waals surface area contributed by atoms with Crippen LogP contribution in [-0.2, 0) is 0 Å². The highest BCUT2D eigenvalue weighted by Gasteiger charge is 2.47. The first kappa shape index (κ1) is 31.3. The number of fused-ring (bicyclic) bond motifs is 7. The third-order valence-corrected chi connectivity index (χ3v) is 17.7. The van der Waals surface area contributed by atoms with Gasteiger partial charge in [-0.2, -0.15) is 0 Å². The summed E-state index contributed by atoms with van der Waals surface area (Å²) in [7, 11) is -1.78. The van der Waals surface area contributed by atoms with Gasteiger partial charge in [0.2, 0.25) is 0 Å². The van der Waals surface area contributed by atoms with Crippen molar-refractivity contribution in [3.05, 3.63) is 188 Å². The molecule has 0 N–H and O–H groups in total. The summed E-state index contributed by atoms with van der Waals surface area (Å²) >= 11 is 0. The molecule has 0 saturated carbocycles. The maximum absolute atomic E-state index is 2.54. The Kier molecular flexibility index (Phi) is 7.21. The van der Waals surface area contributed by atoms with Crippen LogP contribution in [0.4, 0.5) is 17.1 Å². The van der Waals surface area contributed by atoms with Crippen LogP contribution in [-0.4, -0.2) is 8.07 Å². The summed E-state index contributed by atoms with van der Waals surface area (Å²) in [4.78, 5) is 2.54. The van der Waals surface area contributed by atoms with E-state index in [2.05, 4.69) is 193 Å². The highest BCUT2D eigenvalue weighted by atomic mass is 28.3. The summed E-state index contributed by atoms with van der Waals surface area (Å²) in [6, 6.07) is 73.2. The van der Waals surface area contributed by atoms with E-state index in [1.54, 1.807) is 10.4 Å². The van der Waals surface area contributed by atoms with Crippen molar-refractivity contribution >= 4 is 67.8 Å². The van der Waals surface area contributed by atoms with Crippen LogP contribution in [0.15, 0.2) is 188 Å². The molecule has 1 saturated heterocycles. The van der Waals surface area contributed by atoms with Gasteiger partial charge in [-0.3, -0.25) is 0 Å². The minimum Gasteiger partial charge on any atom is -0.311 e. The van der Waals surface area contributed by atoms with Crippen molar-refractivity contribution in [2.45, 2.75) is 24.9 Å². The molecule has 0 unspecified atom stereocenters. The topological polar surface area (TPSA) is 3.24 Å². The van der Waals surface area contributed by atoms with E-state index in [0.717, 1.165) is 0 Å². The highest BCUT2D eigenvalue weighted by molar-refractivity contribution is 7.05. The summed E-state index contributed by atoms with van der Waals surface area (Å²) in [6.45, 7) is 0. The number of anilines is 3. The smallest absolute Gasteiger partial charge is 0.123 e. The number of hydrogen-bond acceptors (Lipinski definition) is 1. The van der Waals surface area contributed by atoms with Gasteiger partial charge in [-0.15, -0.1) is 0 Å². The van der Waals surface area contributed by atoms with E-state index in [0.29, 0.717) is 0 Å². The fourth-order valence-electron chi connectivity index (χ4n) is 10.0. The Balaban J connectivity index is 1.11. The van der Waals surface area contributed by atoms with Gasteiger partial charge in [0.05, 0.1) is 0 Å². The monoisotopic (exact) mass is 705 g/mol. The van der Waals surface area contributed by atoms with E-state index < -0.39 is 8.07 Å². The first-order chi connectivity index (χ1) is 26.8. The molecule has 1 fully saturated rings. The zero-order chi connectivity index (χ0) is 35.6. The number of nitrogens with zero attached hydrogens (tertiary/aromatic N) is 1. The van der Waals surface area contributed by atoms with Crippen molar-refractivity contribution in [2.75, 3.05) is 4.90 Å². The van der Waals surface area contributed by atoms with Gasteiger partial charge >= 0.3 is 0 Å². The van der Waals surface area contributed by atoms with Gasteiger partial charge in [0.15, 0.2) is 0 Å². The molecule has 2 aliphatic heterocycles. The van der Waals surface area contributed by atoms with Gasteiger partial charge in [-0.1, -0.05) is 165 Å². The lowest BCUT2D eigenvalue weighted by Crippen LogP contribution is -2.60. The quantitative estimate of drug-likeness (QED) is 0.130. The van der Waals surface area contributed by atoms with Crippen molar-refractivity contribution in [1.29, 1.82) is 0 Å². The van der Waals surface area contributed by atoms with Gasteiger partial charge in [-0.25, -0.2) is 0 Å². The first-order valence-electron chi connectivity index (χ1n) is 19.4. The summed E-state index contributed by atoms with van der Waals surface area (Å²) < 4.78 is 0. The van der Waals surface area contributed by atoms with Gasteiger partial charge in [-0.05, 0) is 125 Å². The van der Waals surface area contributed by atoms with Crippen LogP contribution in [0.1, 0.15) is 12.8 Å². The lowest BCUT2D eigenvalue weighted by atomic mass is 9.83. The zero-order valence-electron chi connectivity index (χ0n) is 30.2. The second kappa shape index (κ2) is 12.4. The first-order valence-corrected chi connectivity index (χ1v) is 21.8. The van der Waals surface area contributed by atoms with Crippen molar-refractivity contribution in [3.63, 3.8) is 0 Å². The average Bonchev–Trinajstić information content (AvgIpc) is 3.74. The fourth-order valence-corrected chi connectivity index (χ4v) is 15.6. The minimum absolute atomic E-state index is 1.22. The Morgan fingerprint density at radius 3 is 1.41 bits per heavy atom. The van der Waals surface area contributed by atoms with Crippen LogP contribution in [0, 0.1) is 0 Å². The van der Waals surface area contributed by atoms with Crippen molar-refractivity contribution in [3.8, 4) is 33.4 Å². The van der Waals surface area contributed by atoms with E-state index in [-0.39, 0.29) is 0 Å². The van der Waals surface area contributed by atoms with Crippen LogP contribution < -0.4 is 15.3 Å². The fraction of sp³-hybridized carbons (Fsp3) is 0.0769. The molecule has 1 nitrogen and oxygen atoms in total. The van der Waals surface area contributed by atoms with Crippen molar-refractivity contribution in [1.82, 2.24) is 0 Å². The molecule has 2 heterocycles. The van der Waals surface area contributed by atoms with Crippen LogP contribution in [0.3, 0.4) is 0 Å². The molecule has 11 rings (SSSR count). The summed E-state index contributed by atoms with van der Waals surface area (Å²) in [5, 5.41) is 10.8. The predicted octanol–water partition coefficient (Wildman–Crippen LogP) is 13.3. The van der Waals surface area contributed by atoms with Crippen LogP contribution >= 0.6 is 0 Å². The van der Waals surface area contributed by atoms with Crippen LogP contribution in [0.2, 0.25) is 12.1 Å². The van der Waals surface area contributed by atoms with Crippen molar-refractivity contribution in [2.24, 2.45) is 0 Å². The summed E-state index contributed by atoms with van der Waals surface area (Å²) in [5.41, 5.74) is 11.5. The maximum atomic E-state index is 2.54. The second-order valence-corrected chi connectivity index (χ2v) is 19.4. The zero-order valence-corrected chi connectivity index (χ0v) is 31.2. The Morgan fingerprint density at radius 2 is 0.833 bits per heavy atom. The Morgan fingerprint density at radius 1 is 0.370 bits per heavy atom. The van der Waals surface area contributed by atoms with Gasteiger partial charge < -0.3 is 4.90 Å². The summed E-state index contributed by atoms with van der Waals surface area (Å²) in [6.07, 6.45) is 2.69. The third-order valence-electron chi connectivity index (χ3n) is 12.4. The van der Waals surface area contributed by atoms with Gasteiger partial charge in [0.25, 0.3) is 0 Å². The van der Waals surface area contributed by atoms with Gasteiger partial charge in [0.1, 0.15) is 8.07 Å². The van der Waals surface area contributed by atoms with E-state index >= 15 is 0 Å². The Hall–Kier alpha value is -6.22. The van der Waals surface area contributed by atoms with E-state index in [9.17, 15) is 0 Å². The molecule has 0 bridgehead atoms. The molecule has 9 aromatic carbocycles. The number of rotatable bonds is 4. The number of hydrogen-bond donors (Lipinski definition) is 0. The molecular weight excluding hydrogens is 667 g/mol. The molecular formula is C52H39NSi. The van der Waals surface area contributed by atoms with Crippen LogP contribution in [0.5, 0.6) is 0 Å². The largest absolute Gasteiger partial charge is 0.311 e. The minimum atomic E-state index is -1.78. The average molecular weight is 706 g/mol. The lowest BCUT2D eigenvalue weighted by molar-refractivity contribution is 0.935. The molecule has 0 amide bonds. The Bertz CT molecular complexity index is 2780.